The Labute approximate surface area is 199 Å². The van der Waals surface area contributed by atoms with Crippen LogP contribution in [0, 0.1) is 0 Å². The zero-order chi connectivity index (χ0) is 24.0. The van der Waals surface area contributed by atoms with Gasteiger partial charge in [-0.25, -0.2) is 8.42 Å². The predicted octanol–water partition coefficient (Wildman–Crippen LogP) is 4.04. The average Bonchev–Trinajstić information content (AvgIpc) is 2.89. The second-order valence-electron chi connectivity index (χ2n) is 8.15. The molecule has 0 aliphatic carbocycles. The molecule has 3 aromatic rings. The summed E-state index contributed by atoms with van der Waals surface area (Å²) in [6, 6.07) is 22.2. The molecule has 2 N–H and O–H groups in total. The Morgan fingerprint density at radius 2 is 1.35 bits per heavy atom. The van der Waals surface area contributed by atoms with Gasteiger partial charge >= 0.3 is 0 Å². The van der Waals surface area contributed by atoms with Crippen LogP contribution in [0.15, 0.2) is 83.8 Å². The first-order valence-corrected chi connectivity index (χ1v) is 12.7. The highest BCUT2D eigenvalue weighted by Gasteiger charge is 2.27. The van der Waals surface area contributed by atoms with Crippen LogP contribution in [0.3, 0.4) is 0 Å². The van der Waals surface area contributed by atoms with Crippen LogP contribution in [0.25, 0.3) is 0 Å². The first-order chi connectivity index (χ1) is 16.4. The Bertz CT molecular complexity index is 1250. The highest BCUT2D eigenvalue weighted by Crippen LogP contribution is 2.23. The van der Waals surface area contributed by atoms with Gasteiger partial charge in [0.15, 0.2) is 0 Å². The van der Waals surface area contributed by atoms with Gasteiger partial charge in [0, 0.05) is 36.4 Å². The first-order valence-electron chi connectivity index (χ1n) is 11.3. The lowest BCUT2D eigenvalue weighted by Crippen LogP contribution is -2.36. The van der Waals surface area contributed by atoms with Gasteiger partial charge in [0.2, 0.25) is 10.0 Å². The molecule has 2 amide bonds. The summed E-state index contributed by atoms with van der Waals surface area (Å²) in [5.74, 6) is -0.560. The highest BCUT2D eigenvalue weighted by molar-refractivity contribution is 7.89. The van der Waals surface area contributed by atoms with Crippen LogP contribution in [0.2, 0.25) is 0 Å². The van der Waals surface area contributed by atoms with E-state index in [0.29, 0.717) is 35.5 Å². The van der Waals surface area contributed by atoms with Crippen molar-refractivity contribution in [3.05, 3.63) is 95.6 Å². The second kappa shape index (κ2) is 10.6. The van der Waals surface area contributed by atoms with E-state index in [1.165, 1.54) is 4.31 Å². The Morgan fingerprint density at radius 3 is 2.06 bits per heavy atom. The van der Waals surface area contributed by atoms with Crippen LogP contribution < -0.4 is 10.6 Å². The third kappa shape index (κ3) is 5.52. The van der Waals surface area contributed by atoms with Crippen LogP contribution in [0.1, 0.15) is 45.5 Å². The van der Waals surface area contributed by atoms with E-state index in [-0.39, 0.29) is 23.3 Å². The minimum Gasteiger partial charge on any atom is -0.348 e. The molecule has 1 aliphatic heterocycles. The van der Waals surface area contributed by atoms with Gasteiger partial charge < -0.3 is 10.6 Å². The normalized spacial score (nSPS) is 14.4. The maximum atomic E-state index is 13.1. The third-order valence-corrected chi connectivity index (χ3v) is 7.78. The zero-order valence-corrected chi connectivity index (χ0v) is 19.6. The van der Waals surface area contributed by atoms with Crippen LogP contribution in [-0.4, -0.2) is 37.6 Å². The standard InChI is InChI=1S/C26H27N3O4S/c30-25(21-13-15-23(16-14-21)28-26(31)20-9-3-1-4-10-20)27-19-22-11-5-6-12-24(22)34(32,33)29-17-7-2-8-18-29/h1,3-6,9-16H,2,7-8,17-19H2,(H,27,30)(H,28,31). The molecule has 0 unspecified atom stereocenters. The Hall–Kier alpha value is -3.49. The Morgan fingerprint density at radius 1 is 0.735 bits per heavy atom. The molecular formula is C26H27N3O4S. The third-order valence-electron chi connectivity index (χ3n) is 5.79. The monoisotopic (exact) mass is 477 g/mol. The molecule has 176 valence electrons. The maximum absolute atomic E-state index is 13.1. The number of sulfonamides is 1. The van der Waals surface area contributed by atoms with Gasteiger partial charge in [0.05, 0.1) is 4.90 Å². The fourth-order valence-corrected chi connectivity index (χ4v) is 5.66. The molecule has 0 saturated carbocycles. The summed E-state index contributed by atoms with van der Waals surface area (Å²) >= 11 is 0. The SMILES string of the molecule is O=C(NCc1ccccc1S(=O)(=O)N1CCCCC1)c1ccc(NC(=O)c2ccccc2)cc1. The summed E-state index contributed by atoms with van der Waals surface area (Å²) in [4.78, 5) is 25.2. The van der Waals surface area contributed by atoms with Crippen LogP contribution in [0.4, 0.5) is 5.69 Å². The zero-order valence-electron chi connectivity index (χ0n) is 18.7. The maximum Gasteiger partial charge on any atom is 0.255 e. The van der Waals surface area contributed by atoms with E-state index in [9.17, 15) is 18.0 Å². The molecule has 34 heavy (non-hydrogen) atoms. The summed E-state index contributed by atoms with van der Waals surface area (Å²) in [7, 11) is -3.60. The van der Waals surface area contributed by atoms with Crippen molar-refractivity contribution in [3.63, 3.8) is 0 Å². The lowest BCUT2D eigenvalue weighted by molar-refractivity contribution is 0.0950. The van der Waals surface area contributed by atoms with Crippen molar-refractivity contribution in [2.24, 2.45) is 0 Å². The molecule has 1 aliphatic rings. The minimum absolute atomic E-state index is 0.0918. The molecule has 0 spiro atoms. The topological polar surface area (TPSA) is 95.6 Å². The van der Waals surface area contributed by atoms with Crippen molar-refractivity contribution >= 4 is 27.5 Å². The predicted molar refractivity (Wildman–Crippen MR) is 131 cm³/mol. The number of amides is 2. The average molecular weight is 478 g/mol. The molecule has 0 aromatic heterocycles. The first kappa shape index (κ1) is 23.7. The molecule has 0 bridgehead atoms. The van der Waals surface area contributed by atoms with Crippen molar-refractivity contribution in [2.45, 2.75) is 30.7 Å². The van der Waals surface area contributed by atoms with Crippen molar-refractivity contribution in [3.8, 4) is 0 Å². The van der Waals surface area contributed by atoms with Gasteiger partial charge in [-0.15, -0.1) is 0 Å². The number of benzene rings is 3. The Kier molecular flexibility index (Phi) is 7.40. The number of carbonyl (C=O) groups excluding carboxylic acids is 2. The van der Waals surface area contributed by atoms with Gasteiger partial charge in [0.25, 0.3) is 11.8 Å². The molecule has 1 saturated heterocycles. The fourth-order valence-electron chi connectivity index (χ4n) is 3.92. The molecular weight excluding hydrogens is 450 g/mol. The number of carbonyl (C=O) groups is 2. The second-order valence-corrected chi connectivity index (χ2v) is 10.1. The Balaban J connectivity index is 1.40. The molecule has 3 aromatic carbocycles. The van der Waals surface area contributed by atoms with Gasteiger partial charge in [-0.05, 0) is 60.9 Å². The van der Waals surface area contributed by atoms with Crippen LogP contribution in [-0.2, 0) is 16.6 Å². The largest absolute Gasteiger partial charge is 0.348 e. The molecule has 0 radical (unpaired) electrons. The highest BCUT2D eigenvalue weighted by atomic mass is 32.2. The minimum atomic E-state index is -3.60. The number of hydrogen-bond donors (Lipinski definition) is 2. The van der Waals surface area contributed by atoms with Crippen LogP contribution >= 0.6 is 0 Å². The van der Waals surface area contributed by atoms with E-state index in [2.05, 4.69) is 10.6 Å². The summed E-state index contributed by atoms with van der Waals surface area (Å²) in [5.41, 5.74) is 2.08. The number of anilines is 1. The molecule has 4 rings (SSSR count). The van der Waals surface area contributed by atoms with Crippen molar-refractivity contribution in [1.29, 1.82) is 0 Å². The van der Waals surface area contributed by atoms with Gasteiger partial charge in [-0.3, -0.25) is 9.59 Å². The summed E-state index contributed by atoms with van der Waals surface area (Å²) < 4.78 is 27.8. The molecule has 0 atom stereocenters. The smallest absolute Gasteiger partial charge is 0.255 e. The summed E-state index contributed by atoms with van der Waals surface area (Å²) in [6.07, 6.45) is 2.76. The number of piperidine rings is 1. The number of nitrogens with one attached hydrogen (secondary N) is 2. The van der Waals surface area contributed by atoms with E-state index >= 15 is 0 Å². The number of rotatable bonds is 7. The molecule has 1 heterocycles. The number of nitrogens with zero attached hydrogens (tertiary/aromatic N) is 1. The lowest BCUT2D eigenvalue weighted by Gasteiger charge is -2.26. The van der Waals surface area contributed by atoms with Gasteiger partial charge in [0.1, 0.15) is 0 Å². The molecule has 7 nitrogen and oxygen atoms in total. The van der Waals surface area contributed by atoms with Crippen LogP contribution in [0.5, 0.6) is 0 Å². The summed E-state index contributed by atoms with van der Waals surface area (Å²) in [6.45, 7) is 1.14. The molecule has 1 fully saturated rings. The summed E-state index contributed by atoms with van der Waals surface area (Å²) in [5, 5.41) is 5.60. The van der Waals surface area contributed by atoms with E-state index in [4.69, 9.17) is 0 Å². The van der Waals surface area contributed by atoms with Crippen molar-refractivity contribution in [2.75, 3.05) is 18.4 Å². The van der Waals surface area contributed by atoms with Crippen molar-refractivity contribution in [1.82, 2.24) is 9.62 Å². The number of hydrogen-bond acceptors (Lipinski definition) is 4. The van der Waals surface area contributed by atoms with Gasteiger partial charge in [-0.2, -0.15) is 4.31 Å². The molecule has 8 heteroatoms. The van der Waals surface area contributed by atoms with E-state index in [0.717, 1.165) is 19.3 Å². The van der Waals surface area contributed by atoms with E-state index in [1.807, 2.05) is 6.07 Å². The fraction of sp³-hybridized carbons (Fsp3) is 0.231. The van der Waals surface area contributed by atoms with Gasteiger partial charge in [-0.1, -0.05) is 42.8 Å². The lowest BCUT2D eigenvalue weighted by atomic mass is 10.1. The van der Waals surface area contributed by atoms with E-state index < -0.39 is 10.0 Å². The van der Waals surface area contributed by atoms with E-state index in [1.54, 1.807) is 72.8 Å². The quantitative estimate of drug-likeness (QED) is 0.537. The van der Waals surface area contributed by atoms with Crippen molar-refractivity contribution < 1.29 is 18.0 Å².